The van der Waals surface area contributed by atoms with E-state index >= 15 is 0 Å². The maximum Gasteiger partial charge on any atom is 0.166 e. The number of carbonyl (C=O) groups excluding carboxylic acids is 1. The molecule has 0 unspecified atom stereocenters. The summed E-state index contributed by atoms with van der Waals surface area (Å²) in [4.78, 5) is 13.1. The second-order valence-corrected chi connectivity index (χ2v) is 6.62. The summed E-state index contributed by atoms with van der Waals surface area (Å²) in [6, 6.07) is 22.0. The van der Waals surface area contributed by atoms with Crippen LogP contribution in [0.5, 0.6) is 0 Å². The number of hydrogen-bond acceptors (Lipinski definition) is 3. The number of aromatic nitrogens is 2. The topological polar surface area (TPSA) is 58.7 Å². The molecule has 3 rings (SSSR count). The molecule has 0 aliphatic rings. The van der Waals surface area contributed by atoms with Gasteiger partial charge in [0.2, 0.25) is 0 Å². The number of aryl methyl sites for hydroxylation is 1. The summed E-state index contributed by atoms with van der Waals surface area (Å²) in [5.41, 5.74) is 3.45. The molecular weight excluding hydrogens is 334 g/mol. The highest BCUT2D eigenvalue weighted by Gasteiger charge is 2.28. The second-order valence-electron chi connectivity index (χ2n) is 6.62. The number of rotatable bonds is 7. The molecule has 27 heavy (non-hydrogen) atoms. The first-order chi connectivity index (χ1) is 13.2. The highest BCUT2D eigenvalue weighted by Crippen LogP contribution is 2.36. The Kier molecular flexibility index (Phi) is 5.83. The first-order valence-electron chi connectivity index (χ1n) is 9.20. The minimum Gasteiger partial charge on any atom is -0.294 e. The number of nitriles is 1. The van der Waals surface area contributed by atoms with Gasteiger partial charge in [0.05, 0.1) is 23.7 Å². The van der Waals surface area contributed by atoms with Crippen LogP contribution in [0, 0.1) is 18.3 Å². The molecule has 4 nitrogen and oxygen atoms in total. The van der Waals surface area contributed by atoms with E-state index in [1.165, 1.54) is 0 Å². The minimum atomic E-state index is -0.390. The fourth-order valence-corrected chi connectivity index (χ4v) is 3.53. The highest BCUT2D eigenvalue weighted by atomic mass is 16.1. The Bertz CT molecular complexity index is 939. The van der Waals surface area contributed by atoms with Crippen LogP contribution in [0.15, 0.2) is 66.9 Å². The molecular formula is C23H23N3O. The van der Waals surface area contributed by atoms with E-state index in [9.17, 15) is 10.1 Å². The van der Waals surface area contributed by atoms with Crippen molar-refractivity contribution >= 4 is 5.78 Å². The Balaban J connectivity index is 1.97. The third-order valence-corrected chi connectivity index (χ3v) is 5.04. The zero-order valence-corrected chi connectivity index (χ0v) is 15.7. The van der Waals surface area contributed by atoms with Crippen molar-refractivity contribution in [2.24, 2.45) is 0 Å². The summed E-state index contributed by atoms with van der Waals surface area (Å²) in [6.45, 7) is 4.65. The number of ketones is 1. The fourth-order valence-electron chi connectivity index (χ4n) is 3.53. The number of Topliss-reactive ketones (excluding diaryl/α,β-unsaturated/α-hetero) is 1. The molecule has 0 fully saturated rings. The van der Waals surface area contributed by atoms with Crippen molar-refractivity contribution < 1.29 is 4.79 Å². The first-order valence-corrected chi connectivity index (χ1v) is 9.20. The van der Waals surface area contributed by atoms with Gasteiger partial charge in [-0.05, 0) is 25.0 Å². The van der Waals surface area contributed by atoms with E-state index in [0.29, 0.717) is 5.56 Å². The van der Waals surface area contributed by atoms with E-state index in [4.69, 9.17) is 0 Å². The van der Waals surface area contributed by atoms with Crippen LogP contribution in [0.2, 0.25) is 0 Å². The van der Waals surface area contributed by atoms with Crippen LogP contribution in [0.1, 0.15) is 52.4 Å². The number of nitrogens with zero attached hydrogens (tertiary/aromatic N) is 3. The fraction of sp³-hybridized carbons (Fsp3) is 0.261. The molecule has 0 N–H and O–H groups in total. The molecule has 0 bridgehead atoms. The molecule has 2 atom stereocenters. The molecule has 0 aliphatic carbocycles. The summed E-state index contributed by atoms with van der Waals surface area (Å²) in [7, 11) is 0. The van der Waals surface area contributed by atoms with Crippen LogP contribution in [-0.2, 0) is 6.54 Å². The maximum absolute atomic E-state index is 13.1. The maximum atomic E-state index is 13.1. The van der Waals surface area contributed by atoms with Gasteiger partial charge >= 0.3 is 0 Å². The van der Waals surface area contributed by atoms with Gasteiger partial charge in [0, 0.05) is 24.6 Å². The Hall–Kier alpha value is -3.19. The van der Waals surface area contributed by atoms with E-state index in [1.54, 1.807) is 6.20 Å². The summed E-state index contributed by atoms with van der Waals surface area (Å²) in [5.74, 6) is -0.577. The summed E-state index contributed by atoms with van der Waals surface area (Å²) < 4.78 is 1.82. The predicted octanol–water partition coefficient (Wildman–Crippen LogP) is 4.88. The second kappa shape index (κ2) is 8.46. The quantitative estimate of drug-likeness (QED) is 0.567. The average molecular weight is 357 g/mol. The molecule has 1 heterocycles. The monoisotopic (exact) mass is 357 g/mol. The van der Waals surface area contributed by atoms with Crippen LogP contribution in [0.3, 0.4) is 0 Å². The molecule has 1 aromatic heterocycles. The smallest absolute Gasteiger partial charge is 0.166 e. The van der Waals surface area contributed by atoms with Crippen molar-refractivity contribution in [3.8, 4) is 6.07 Å². The lowest BCUT2D eigenvalue weighted by Crippen LogP contribution is -2.15. The van der Waals surface area contributed by atoms with E-state index in [0.717, 1.165) is 23.4 Å². The van der Waals surface area contributed by atoms with E-state index in [2.05, 4.69) is 11.2 Å². The van der Waals surface area contributed by atoms with Gasteiger partial charge in [0.15, 0.2) is 5.78 Å². The van der Waals surface area contributed by atoms with Crippen LogP contribution in [-0.4, -0.2) is 15.6 Å². The Morgan fingerprint density at radius 3 is 2.19 bits per heavy atom. The highest BCUT2D eigenvalue weighted by molar-refractivity contribution is 5.97. The molecule has 0 saturated heterocycles. The summed E-state index contributed by atoms with van der Waals surface area (Å²) >= 11 is 0. The van der Waals surface area contributed by atoms with Gasteiger partial charge in [-0.1, -0.05) is 60.7 Å². The van der Waals surface area contributed by atoms with Gasteiger partial charge in [-0.25, -0.2) is 0 Å². The van der Waals surface area contributed by atoms with Gasteiger partial charge < -0.3 is 0 Å². The molecule has 4 heteroatoms. The number of hydrogen-bond donors (Lipinski definition) is 0. The van der Waals surface area contributed by atoms with Crippen molar-refractivity contribution in [3.05, 3.63) is 89.2 Å². The van der Waals surface area contributed by atoms with Crippen molar-refractivity contribution in [2.75, 3.05) is 0 Å². The summed E-state index contributed by atoms with van der Waals surface area (Å²) in [6.07, 6.45) is 1.92. The van der Waals surface area contributed by atoms with Crippen LogP contribution in [0.4, 0.5) is 0 Å². The number of carbonyl (C=O) groups is 1. The summed E-state index contributed by atoms with van der Waals surface area (Å²) in [5, 5.41) is 14.2. The Morgan fingerprint density at radius 1 is 1.07 bits per heavy atom. The van der Waals surface area contributed by atoms with Gasteiger partial charge in [-0.3, -0.25) is 9.48 Å². The number of benzene rings is 2. The van der Waals surface area contributed by atoms with Crippen molar-refractivity contribution in [2.45, 2.75) is 38.6 Å². The lowest BCUT2D eigenvalue weighted by Gasteiger charge is -2.22. The van der Waals surface area contributed by atoms with Crippen molar-refractivity contribution in [1.82, 2.24) is 9.78 Å². The van der Waals surface area contributed by atoms with Crippen LogP contribution >= 0.6 is 0 Å². The minimum absolute atomic E-state index is 0.0252. The average Bonchev–Trinajstić information content (AvgIpc) is 3.09. The molecule has 2 aromatic carbocycles. The molecule has 0 aliphatic heterocycles. The standard InChI is InChI=1S/C23H23N3O/c1-3-26-17(2)22(16-25-26)23(27)14-20(18-10-6-4-7-11-18)21(15-24)19-12-8-5-9-13-19/h4-13,16,20-21H,3,14H2,1-2H3/t20-,21-/m0/s1. The van der Waals surface area contributed by atoms with E-state index in [-0.39, 0.29) is 24.0 Å². The van der Waals surface area contributed by atoms with E-state index < -0.39 is 0 Å². The third kappa shape index (κ3) is 3.98. The molecule has 0 amide bonds. The normalized spacial score (nSPS) is 12.9. The molecule has 0 spiro atoms. The molecule has 0 saturated carbocycles. The SMILES string of the molecule is CCn1ncc(C(=O)C[C@@H](c2ccccc2)[C@@H](C#N)c2ccccc2)c1C. The zero-order valence-electron chi connectivity index (χ0n) is 15.7. The van der Waals surface area contributed by atoms with Crippen molar-refractivity contribution in [1.29, 1.82) is 5.26 Å². The molecule has 0 radical (unpaired) electrons. The Labute approximate surface area is 160 Å². The Morgan fingerprint density at radius 2 is 1.67 bits per heavy atom. The lowest BCUT2D eigenvalue weighted by atomic mass is 9.78. The lowest BCUT2D eigenvalue weighted by molar-refractivity contribution is 0.0971. The van der Waals surface area contributed by atoms with Gasteiger partial charge in [-0.2, -0.15) is 10.4 Å². The largest absolute Gasteiger partial charge is 0.294 e. The van der Waals surface area contributed by atoms with Crippen LogP contribution < -0.4 is 0 Å². The zero-order chi connectivity index (χ0) is 19.2. The predicted molar refractivity (Wildman–Crippen MR) is 106 cm³/mol. The van der Waals surface area contributed by atoms with E-state index in [1.807, 2.05) is 79.2 Å². The van der Waals surface area contributed by atoms with Gasteiger partial charge in [0.1, 0.15) is 0 Å². The molecule has 136 valence electrons. The third-order valence-electron chi connectivity index (χ3n) is 5.04. The van der Waals surface area contributed by atoms with Gasteiger partial charge in [-0.15, -0.1) is 0 Å². The first kappa shape index (κ1) is 18.6. The molecule has 3 aromatic rings. The van der Waals surface area contributed by atoms with Gasteiger partial charge in [0.25, 0.3) is 0 Å². The van der Waals surface area contributed by atoms with Crippen molar-refractivity contribution in [3.63, 3.8) is 0 Å². The van der Waals surface area contributed by atoms with Crippen LogP contribution in [0.25, 0.3) is 0 Å².